The predicted molar refractivity (Wildman–Crippen MR) is 60.4 cm³/mol. The maximum Gasteiger partial charge on any atom is 0.0349 e. The lowest BCUT2D eigenvalue weighted by molar-refractivity contribution is 0.268. The van der Waals surface area contributed by atoms with Crippen molar-refractivity contribution in [2.45, 2.75) is 25.3 Å². The van der Waals surface area contributed by atoms with Crippen molar-refractivity contribution < 1.29 is 0 Å². The molecule has 0 aliphatic heterocycles. The average molecular weight is 190 g/mol. The van der Waals surface area contributed by atoms with Crippen LogP contribution in [0.4, 0.5) is 5.69 Å². The van der Waals surface area contributed by atoms with E-state index in [0.717, 1.165) is 18.5 Å². The molecular formula is C12H18N2. The van der Waals surface area contributed by atoms with E-state index in [1.807, 2.05) is 6.07 Å². The largest absolute Gasteiger partial charge is 0.398 e. The van der Waals surface area contributed by atoms with Crippen LogP contribution in [-0.2, 0) is 12.8 Å². The van der Waals surface area contributed by atoms with Gasteiger partial charge in [0.2, 0.25) is 0 Å². The van der Waals surface area contributed by atoms with Crippen molar-refractivity contribution in [1.82, 2.24) is 4.90 Å². The molecule has 76 valence electrons. The first-order chi connectivity index (χ1) is 6.68. The molecule has 0 bridgehead atoms. The van der Waals surface area contributed by atoms with Gasteiger partial charge in [0.05, 0.1) is 0 Å². The van der Waals surface area contributed by atoms with E-state index in [0.29, 0.717) is 6.04 Å². The summed E-state index contributed by atoms with van der Waals surface area (Å²) in [6.07, 6.45) is 3.51. The van der Waals surface area contributed by atoms with Gasteiger partial charge in [-0.1, -0.05) is 12.1 Å². The van der Waals surface area contributed by atoms with E-state index < -0.39 is 0 Å². The minimum atomic E-state index is 0.685. The number of likely N-dealkylation sites (N-methyl/N-ethyl adjacent to an activating group) is 1. The lowest BCUT2D eigenvalue weighted by Crippen LogP contribution is -2.33. The number of nitrogens with two attached hydrogens (primary N) is 1. The van der Waals surface area contributed by atoms with Crippen molar-refractivity contribution in [2.24, 2.45) is 0 Å². The lowest BCUT2D eigenvalue weighted by Gasteiger charge is -2.30. The Bertz CT molecular complexity index is 331. The Morgan fingerprint density at radius 3 is 2.86 bits per heavy atom. The molecule has 0 saturated heterocycles. The van der Waals surface area contributed by atoms with Crippen LogP contribution in [-0.4, -0.2) is 25.0 Å². The van der Waals surface area contributed by atoms with Crippen LogP contribution in [0.15, 0.2) is 18.2 Å². The molecule has 0 spiro atoms. The van der Waals surface area contributed by atoms with Gasteiger partial charge in [0.1, 0.15) is 0 Å². The Morgan fingerprint density at radius 2 is 2.14 bits per heavy atom. The number of hydrogen-bond donors (Lipinski definition) is 1. The molecule has 0 unspecified atom stereocenters. The van der Waals surface area contributed by atoms with Gasteiger partial charge in [0.25, 0.3) is 0 Å². The SMILES string of the molecule is CN(C)[C@@H]1CCc2c(N)cccc2C1. The van der Waals surface area contributed by atoms with Gasteiger partial charge in [-0.2, -0.15) is 0 Å². The summed E-state index contributed by atoms with van der Waals surface area (Å²) in [6.45, 7) is 0. The highest BCUT2D eigenvalue weighted by molar-refractivity contribution is 5.52. The molecule has 0 radical (unpaired) electrons. The van der Waals surface area contributed by atoms with Crippen molar-refractivity contribution in [2.75, 3.05) is 19.8 Å². The fourth-order valence-corrected chi connectivity index (χ4v) is 2.26. The number of rotatable bonds is 1. The highest BCUT2D eigenvalue weighted by Crippen LogP contribution is 2.27. The molecule has 0 fully saturated rings. The molecule has 1 aromatic rings. The Kier molecular flexibility index (Phi) is 2.46. The smallest absolute Gasteiger partial charge is 0.0349 e. The van der Waals surface area contributed by atoms with Gasteiger partial charge in [-0.05, 0) is 50.6 Å². The average Bonchev–Trinajstić information content (AvgIpc) is 2.17. The quantitative estimate of drug-likeness (QED) is 0.683. The van der Waals surface area contributed by atoms with Crippen LogP contribution < -0.4 is 5.73 Å². The Labute approximate surface area is 85.7 Å². The number of hydrogen-bond acceptors (Lipinski definition) is 2. The Hall–Kier alpha value is -1.02. The van der Waals surface area contributed by atoms with Gasteiger partial charge in [-0.3, -0.25) is 0 Å². The Morgan fingerprint density at radius 1 is 1.36 bits per heavy atom. The monoisotopic (exact) mass is 190 g/mol. The van der Waals surface area contributed by atoms with E-state index >= 15 is 0 Å². The zero-order valence-electron chi connectivity index (χ0n) is 8.96. The second kappa shape index (κ2) is 3.62. The van der Waals surface area contributed by atoms with E-state index in [9.17, 15) is 0 Å². The van der Waals surface area contributed by atoms with Crippen LogP contribution in [0.5, 0.6) is 0 Å². The second-order valence-corrected chi connectivity index (χ2v) is 4.35. The van der Waals surface area contributed by atoms with Crippen molar-refractivity contribution in [1.29, 1.82) is 0 Å². The molecule has 1 aliphatic rings. The zero-order chi connectivity index (χ0) is 10.1. The zero-order valence-corrected chi connectivity index (χ0v) is 8.96. The highest BCUT2D eigenvalue weighted by atomic mass is 15.1. The van der Waals surface area contributed by atoms with Gasteiger partial charge < -0.3 is 10.6 Å². The standard InChI is InChI=1S/C12H18N2/c1-14(2)10-6-7-11-9(8-10)4-3-5-12(11)13/h3-5,10H,6-8,13H2,1-2H3/t10-/m1/s1. The van der Waals surface area contributed by atoms with Crippen LogP contribution in [0.3, 0.4) is 0 Å². The van der Waals surface area contributed by atoms with E-state index in [1.54, 1.807) is 0 Å². The summed E-state index contributed by atoms with van der Waals surface area (Å²) in [7, 11) is 4.31. The van der Waals surface area contributed by atoms with Gasteiger partial charge in [0.15, 0.2) is 0 Å². The maximum atomic E-state index is 5.95. The summed E-state index contributed by atoms with van der Waals surface area (Å²) < 4.78 is 0. The van der Waals surface area contributed by atoms with Crippen molar-refractivity contribution in [3.63, 3.8) is 0 Å². The van der Waals surface area contributed by atoms with Crippen molar-refractivity contribution in [3.8, 4) is 0 Å². The van der Waals surface area contributed by atoms with E-state index in [1.165, 1.54) is 17.5 Å². The molecule has 1 atom stereocenters. The molecular weight excluding hydrogens is 172 g/mol. The molecule has 2 heteroatoms. The van der Waals surface area contributed by atoms with Crippen LogP contribution in [0.1, 0.15) is 17.5 Å². The van der Waals surface area contributed by atoms with Gasteiger partial charge >= 0.3 is 0 Å². The summed E-state index contributed by atoms with van der Waals surface area (Å²) in [4.78, 5) is 2.31. The summed E-state index contributed by atoms with van der Waals surface area (Å²) in [5, 5.41) is 0. The second-order valence-electron chi connectivity index (χ2n) is 4.35. The van der Waals surface area contributed by atoms with Crippen LogP contribution in [0.25, 0.3) is 0 Å². The molecule has 1 aliphatic carbocycles. The number of nitrogen functional groups attached to an aromatic ring is 1. The number of anilines is 1. The van der Waals surface area contributed by atoms with Gasteiger partial charge in [-0.25, -0.2) is 0 Å². The molecule has 0 amide bonds. The van der Waals surface area contributed by atoms with Gasteiger partial charge in [-0.15, -0.1) is 0 Å². The van der Waals surface area contributed by atoms with E-state index in [-0.39, 0.29) is 0 Å². The molecule has 0 saturated carbocycles. The fraction of sp³-hybridized carbons (Fsp3) is 0.500. The van der Waals surface area contributed by atoms with Crippen LogP contribution in [0.2, 0.25) is 0 Å². The first-order valence-corrected chi connectivity index (χ1v) is 5.21. The highest BCUT2D eigenvalue weighted by Gasteiger charge is 2.20. The normalized spacial score (nSPS) is 20.9. The predicted octanol–water partition coefficient (Wildman–Crippen LogP) is 1.69. The van der Waals surface area contributed by atoms with Crippen LogP contribution in [0, 0.1) is 0 Å². The Balaban J connectivity index is 2.27. The molecule has 2 rings (SSSR count). The van der Waals surface area contributed by atoms with Crippen LogP contribution >= 0.6 is 0 Å². The topological polar surface area (TPSA) is 29.3 Å². The van der Waals surface area contributed by atoms with E-state index in [4.69, 9.17) is 5.73 Å². The summed E-state index contributed by atoms with van der Waals surface area (Å²) >= 11 is 0. The van der Waals surface area contributed by atoms with Crippen molar-refractivity contribution in [3.05, 3.63) is 29.3 Å². The summed E-state index contributed by atoms with van der Waals surface area (Å²) in [5.41, 5.74) is 9.74. The minimum absolute atomic E-state index is 0.685. The molecule has 2 nitrogen and oxygen atoms in total. The number of fused-ring (bicyclic) bond motifs is 1. The third-order valence-electron chi connectivity index (χ3n) is 3.22. The first-order valence-electron chi connectivity index (χ1n) is 5.21. The molecule has 0 heterocycles. The van der Waals surface area contributed by atoms with Gasteiger partial charge in [0, 0.05) is 11.7 Å². The lowest BCUT2D eigenvalue weighted by atomic mass is 9.87. The first kappa shape index (κ1) is 9.53. The fourth-order valence-electron chi connectivity index (χ4n) is 2.26. The van der Waals surface area contributed by atoms with E-state index in [2.05, 4.69) is 31.1 Å². The molecule has 14 heavy (non-hydrogen) atoms. The molecule has 0 aromatic heterocycles. The maximum absolute atomic E-state index is 5.95. The minimum Gasteiger partial charge on any atom is -0.398 e. The number of nitrogens with zero attached hydrogens (tertiary/aromatic N) is 1. The number of benzene rings is 1. The summed E-state index contributed by atoms with van der Waals surface area (Å²) in [6, 6.07) is 6.96. The molecule has 2 N–H and O–H groups in total. The third kappa shape index (κ3) is 1.62. The van der Waals surface area contributed by atoms with Crippen molar-refractivity contribution >= 4 is 5.69 Å². The summed E-state index contributed by atoms with van der Waals surface area (Å²) in [5.74, 6) is 0. The molecule has 1 aromatic carbocycles. The third-order valence-corrected chi connectivity index (χ3v) is 3.22.